The van der Waals surface area contributed by atoms with E-state index in [0.717, 1.165) is 0 Å². The summed E-state index contributed by atoms with van der Waals surface area (Å²) in [4.78, 5) is 10.8. The minimum absolute atomic E-state index is 0.109. The lowest BCUT2D eigenvalue weighted by atomic mass is 9.79. The van der Waals surface area contributed by atoms with E-state index in [1.165, 1.54) is 0 Å². The lowest BCUT2D eigenvalue weighted by Crippen LogP contribution is -2.50. The third-order valence-corrected chi connectivity index (χ3v) is 3.77. The monoisotopic (exact) mass is 287 g/mol. The highest BCUT2D eigenvalue weighted by atomic mass is 19.4. The Kier molecular flexibility index (Phi) is 3.72. The van der Waals surface area contributed by atoms with E-state index >= 15 is 0 Å². The molecule has 1 N–H and O–H groups in total. The number of ether oxygens (including phenoxy) is 1. The van der Waals surface area contributed by atoms with E-state index in [1.54, 1.807) is 0 Å². The first-order valence-electron chi connectivity index (χ1n) is 6.04. The Labute approximate surface area is 106 Å². The lowest BCUT2D eigenvalue weighted by molar-refractivity contribution is -0.175. The van der Waals surface area contributed by atoms with Gasteiger partial charge in [-0.3, -0.25) is 4.79 Å². The highest BCUT2D eigenvalue weighted by Gasteiger charge is 2.53. The molecule has 110 valence electrons. The number of hydrogen-bond acceptors (Lipinski definition) is 2. The van der Waals surface area contributed by atoms with Gasteiger partial charge in [0, 0.05) is 6.04 Å². The number of halogens is 5. The second-order valence-corrected chi connectivity index (χ2v) is 5.04. The molecule has 0 aromatic carbocycles. The van der Waals surface area contributed by atoms with Gasteiger partial charge in [-0.15, -0.1) is 0 Å². The van der Waals surface area contributed by atoms with Crippen LogP contribution in [0.5, 0.6) is 0 Å². The van der Waals surface area contributed by atoms with E-state index in [1.807, 2.05) is 5.32 Å². The molecule has 1 saturated heterocycles. The van der Waals surface area contributed by atoms with Gasteiger partial charge in [0.05, 0.1) is 6.61 Å². The van der Waals surface area contributed by atoms with Crippen molar-refractivity contribution < 1.29 is 31.5 Å². The molecule has 0 aromatic heterocycles. The summed E-state index contributed by atoms with van der Waals surface area (Å²) in [5, 5.41) is 1.86. The van der Waals surface area contributed by atoms with Gasteiger partial charge in [0.1, 0.15) is 5.60 Å². The van der Waals surface area contributed by atoms with Crippen molar-refractivity contribution in [3.63, 3.8) is 0 Å². The van der Waals surface area contributed by atoms with Crippen LogP contribution in [0.4, 0.5) is 22.0 Å². The summed E-state index contributed by atoms with van der Waals surface area (Å²) in [6, 6.07) is -0.672. The van der Waals surface area contributed by atoms with Crippen molar-refractivity contribution in [1.29, 1.82) is 0 Å². The predicted octanol–water partition coefficient (Wildman–Crippen LogP) is 2.05. The molecule has 0 aromatic rings. The zero-order valence-electron chi connectivity index (χ0n) is 9.97. The van der Waals surface area contributed by atoms with Crippen LogP contribution in [0, 0.1) is 0 Å². The molecule has 1 aliphatic heterocycles. The summed E-state index contributed by atoms with van der Waals surface area (Å²) < 4.78 is 68.1. The first kappa shape index (κ1) is 14.5. The van der Waals surface area contributed by atoms with Crippen molar-refractivity contribution in [2.24, 2.45) is 0 Å². The molecule has 0 radical (unpaired) electrons. The van der Waals surface area contributed by atoms with Crippen molar-refractivity contribution >= 4 is 5.91 Å². The van der Waals surface area contributed by atoms with Crippen molar-refractivity contribution in [2.45, 2.75) is 55.8 Å². The van der Waals surface area contributed by atoms with E-state index < -0.39 is 36.1 Å². The van der Waals surface area contributed by atoms with Gasteiger partial charge in [-0.25, -0.2) is 8.78 Å². The Morgan fingerprint density at radius 1 is 1.21 bits per heavy atom. The van der Waals surface area contributed by atoms with Crippen molar-refractivity contribution in [2.75, 3.05) is 6.61 Å². The molecular formula is C11H14F5NO2. The van der Waals surface area contributed by atoms with Gasteiger partial charge in [-0.2, -0.15) is 13.2 Å². The summed E-state index contributed by atoms with van der Waals surface area (Å²) in [7, 11) is 0. The van der Waals surface area contributed by atoms with E-state index in [-0.39, 0.29) is 32.3 Å². The fourth-order valence-corrected chi connectivity index (χ4v) is 2.68. The molecule has 2 fully saturated rings. The van der Waals surface area contributed by atoms with Crippen LogP contribution in [-0.4, -0.2) is 42.7 Å². The fourth-order valence-electron chi connectivity index (χ4n) is 2.68. The first-order chi connectivity index (χ1) is 8.74. The minimum Gasteiger partial charge on any atom is -0.369 e. The Balaban J connectivity index is 1.88. The number of rotatable bonds is 1. The molecule has 2 atom stereocenters. The summed E-state index contributed by atoms with van der Waals surface area (Å²) in [6.07, 6.45) is -7.84. The third-order valence-electron chi connectivity index (χ3n) is 3.77. The summed E-state index contributed by atoms with van der Waals surface area (Å²) in [6.45, 7) is -0.319. The Morgan fingerprint density at radius 3 is 2.21 bits per heavy atom. The molecule has 1 heterocycles. The Bertz CT molecular complexity index is 351. The van der Waals surface area contributed by atoms with Gasteiger partial charge in [-0.05, 0) is 25.7 Å². The maximum atomic E-state index is 13.7. The second-order valence-electron chi connectivity index (χ2n) is 5.04. The molecular weight excluding hydrogens is 273 g/mol. The molecule has 1 spiro atoms. The van der Waals surface area contributed by atoms with Crippen molar-refractivity contribution in [3.8, 4) is 0 Å². The predicted molar refractivity (Wildman–Crippen MR) is 54.9 cm³/mol. The summed E-state index contributed by atoms with van der Waals surface area (Å²) >= 11 is 0. The molecule has 8 heteroatoms. The Hall–Kier alpha value is -0.920. The average Bonchev–Trinajstić information content (AvgIpc) is 2.60. The lowest BCUT2D eigenvalue weighted by Gasteiger charge is -2.37. The van der Waals surface area contributed by atoms with Crippen LogP contribution in [0.15, 0.2) is 0 Å². The van der Waals surface area contributed by atoms with Crippen molar-refractivity contribution in [1.82, 2.24) is 5.32 Å². The molecule has 1 saturated carbocycles. The van der Waals surface area contributed by atoms with E-state index in [4.69, 9.17) is 4.74 Å². The zero-order valence-corrected chi connectivity index (χ0v) is 9.97. The SMILES string of the molecule is O=C(NC1CCC2(CC1)OCC(F)C2F)C(F)(F)F. The Morgan fingerprint density at radius 2 is 1.79 bits per heavy atom. The van der Waals surface area contributed by atoms with Gasteiger partial charge in [0.2, 0.25) is 0 Å². The highest BCUT2D eigenvalue weighted by molar-refractivity contribution is 5.81. The van der Waals surface area contributed by atoms with Crippen LogP contribution in [0.3, 0.4) is 0 Å². The summed E-state index contributed by atoms with van der Waals surface area (Å²) in [5.41, 5.74) is -1.22. The van der Waals surface area contributed by atoms with Gasteiger partial charge < -0.3 is 10.1 Å². The largest absolute Gasteiger partial charge is 0.471 e. The maximum Gasteiger partial charge on any atom is 0.471 e. The number of carbonyl (C=O) groups is 1. The van der Waals surface area contributed by atoms with E-state index in [2.05, 4.69) is 0 Å². The first-order valence-corrected chi connectivity index (χ1v) is 6.04. The molecule has 1 amide bonds. The quantitative estimate of drug-likeness (QED) is 0.750. The van der Waals surface area contributed by atoms with Gasteiger partial charge in [0.25, 0.3) is 0 Å². The van der Waals surface area contributed by atoms with Crippen LogP contribution >= 0.6 is 0 Å². The van der Waals surface area contributed by atoms with Crippen LogP contribution in [-0.2, 0) is 9.53 Å². The smallest absolute Gasteiger partial charge is 0.369 e. The molecule has 19 heavy (non-hydrogen) atoms. The molecule has 3 nitrogen and oxygen atoms in total. The number of hydrogen-bond donors (Lipinski definition) is 1. The van der Waals surface area contributed by atoms with Crippen molar-refractivity contribution in [3.05, 3.63) is 0 Å². The van der Waals surface area contributed by atoms with E-state index in [9.17, 15) is 26.7 Å². The van der Waals surface area contributed by atoms with E-state index in [0.29, 0.717) is 0 Å². The zero-order chi connectivity index (χ0) is 14.3. The number of amides is 1. The maximum absolute atomic E-state index is 13.7. The van der Waals surface area contributed by atoms with Crippen LogP contribution in [0.1, 0.15) is 25.7 Å². The van der Waals surface area contributed by atoms with Crippen LogP contribution in [0.2, 0.25) is 0 Å². The molecule has 2 rings (SSSR count). The average molecular weight is 287 g/mol. The molecule has 2 aliphatic rings. The van der Waals surface area contributed by atoms with Gasteiger partial charge >= 0.3 is 12.1 Å². The topological polar surface area (TPSA) is 38.3 Å². The third kappa shape index (κ3) is 2.82. The highest BCUT2D eigenvalue weighted by Crippen LogP contribution is 2.42. The fraction of sp³-hybridized carbons (Fsp3) is 0.909. The molecule has 2 unspecified atom stereocenters. The number of nitrogens with one attached hydrogen (secondary N) is 1. The molecule has 0 bridgehead atoms. The number of alkyl halides is 5. The minimum atomic E-state index is -4.92. The molecule has 1 aliphatic carbocycles. The number of carbonyl (C=O) groups excluding carboxylic acids is 1. The van der Waals surface area contributed by atoms with Crippen LogP contribution in [0.25, 0.3) is 0 Å². The normalized spacial score (nSPS) is 39.5. The van der Waals surface area contributed by atoms with Crippen LogP contribution < -0.4 is 5.32 Å². The second kappa shape index (κ2) is 4.88. The standard InChI is InChI=1S/C11H14F5NO2/c12-7-5-19-10(8(7)13)3-1-6(2-4-10)17-9(18)11(14,15)16/h6-8H,1-5H2,(H,17,18). The summed E-state index contributed by atoms with van der Waals surface area (Å²) in [5.74, 6) is -2.00. The van der Waals surface area contributed by atoms with Gasteiger partial charge in [0.15, 0.2) is 12.3 Å². The van der Waals surface area contributed by atoms with Gasteiger partial charge in [-0.1, -0.05) is 0 Å².